The van der Waals surface area contributed by atoms with Crippen LogP contribution in [0.3, 0.4) is 0 Å². The molecule has 0 saturated carbocycles. The Bertz CT molecular complexity index is 424. The fourth-order valence-corrected chi connectivity index (χ4v) is 3.54. The van der Waals surface area contributed by atoms with E-state index in [9.17, 15) is 0 Å². The van der Waals surface area contributed by atoms with Crippen LogP contribution in [0.1, 0.15) is 38.9 Å². The van der Waals surface area contributed by atoms with E-state index in [1.165, 1.54) is 25.0 Å². The normalized spacial score (nSPS) is 18.5. The van der Waals surface area contributed by atoms with Gasteiger partial charge in [0.1, 0.15) is 18.2 Å². The van der Waals surface area contributed by atoms with Crippen LogP contribution >= 0.6 is 11.8 Å². The average Bonchev–Trinajstić information content (AvgIpc) is 2.52. The minimum atomic E-state index is 0.461. The summed E-state index contributed by atoms with van der Waals surface area (Å²) in [6.07, 6.45) is 4.01. The number of hydrogen-bond acceptors (Lipinski definition) is 6. The molecule has 1 fully saturated rings. The summed E-state index contributed by atoms with van der Waals surface area (Å²) in [5.41, 5.74) is 0. The van der Waals surface area contributed by atoms with Crippen molar-refractivity contribution in [2.75, 3.05) is 36.1 Å². The third kappa shape index (κ3) is 5.71. The first-order valence-electron chi connectivity index (χ1n) is 7.86. The third-order valence-electron chi connectivity index (χ3n) is 3.35. The number of anilines is 2. The Labute approximate surface area is 131 Å². The standard InChI is InChI=1S/C15H26N4OS/c1-3-16-13-9-14(19-15(18-13)11-20-4-2)17-10-12-7-5-6-8-21-12/h9,12H,3-8,10-11H2,1-2H3,(H2,16,17,18,19). The summed E-state index contributed by atoms with van der Waals surface area (Å²) < 4.78 is 5.42. The van der Waals surface area contributed by atoms with Crippen molar-refractivity contribution in [2.24, 2.45) is 0 Å². The van der Waals surface area contributed by atoms with Crippen LogP contribution in [-0.4, -0.2) is 40.7 Å². The van der Waals surface area contributed by atoms with Gasteiger partial charge in [-0.3, -0.25) is 0 Å². The van der Waals surface area contributed by atoms with Gasteiger partial charge in [-0.05, 0) is 32.4 Å². The molecule has 1 aromatic heterocycles. The van der Waals surface area contributed by atoms with E-state index in [1.807, 2.05) is 13.0 Å². The van der Waals surface area contributed by atoms with Crippen LogP contribution in [0.25, 0.3) is 0 Å². The number of thioether (sulfide) groups is 1. The molecular formula is C15H26N4OS. The highest BCUT2D eigenvalue weighted by molar-refractivity contribution is 7.99. The topological polar surface area (TPSA) is 59.1 Å². The predicted octanol–water partition coefficient (Wildman–Crippen LogP) is 3.14. The van der Waals surface area contributed by atoms with Crippen LogP contribution < -0.4 is 10.6 Å². The summed E-state index contributed by atoms with van der Waals surface area (Å²) in [5.74, 6) is 3.77. The van der Waals surface area contributed by atoms with E-state index >= 15 is 0 Å². The second kappa shape index (κ2) is 9.10. The minimum Gasteiger partial charge on any atom is -0.374 e. The van der Waals surface area contributed by atoms with E-state index < -0.39 is 0 Å². The van der Waals surface area contributed by atoms with E-state index in [2.05, 4.69) is 39.3 Å². The summed E-state index contributed by atoms with van der Waals surface area (Å²) in [5, 5.41) is 7.41. The van der Waals surface area contributed by atoms with Gasteiger partial charge in [0.05, 0.1) is 0 Å². The molecule has 0 aromatic carbocycles. The van der Waals surface area contributed by atoms with Crippen LogP contribution in [0.4, 0.5) is 11.6 Å². The van der Waals surface area contributed by atoms with E-state index in [1.54, 1.807) is 0 Å². The SMILES string of the molecule is CCNc1cc(NCC2CCCCS2)nc(COCC)n1. The maximum Gasteiger partial charge on any atom is 0.158 e. The van der Waals surface area contributed by atoms with Gasteiger partial charge in [-0.2, -0.15) is 11.8 Å². The number of ether oxygens (including phenoxy) is 1. The minimum absolute atomic E-state index is 0.461. The van der Waals surface area contributed by atoms with Gasteiger partial charge in [0.2, 0.25) is 0 Å². The second-order valence-electron chi connectivity index (χ2n) is 5.09. The van der Waals surface area contributed by atoms with E-state index in [4.69, 9.17) is 4.74 Å². The molecule has 0 spiro atoms. The van der Waals surface area contributed by atoms with Crippen molar-refractivity contribution >= 4 is 23.4 Å². The molecule has 2 rings (SSSR count). The Balaban J connectivity index is 1.96. The fraction of sp³-hybridized carbons (Fsp3) is 0.733. The molecule has 1 saturated heterocycles. The molecule has 1 aliphatic rings. The number of aromatic nitrogens is 2. The summed E-state index contributed by atoms with van der Waals surface area (Å²) in [6, 6.07) is 1.98. The summed E-state index contributed by atoms with van der Waals surface area (Å²) in [6.45, 7) is 7.01. The van der Waals surface area contributed by atoms with Gasteiger partial charge >= 0.3 is 0 Å². The lowest BCUT2D eigenvalue weighted by Crippen LogP contribution is -2.21. The number of nitrogens with one attached hydrogen (secondary N) is 2. The van der Waals surface area contributed by atoms with Crippen molar-refractivity contribution < 1.29 is 4.74 Å². The molecule has 1 unspecified atom stereocenters. The highest BCUT2D eigenvalue weighted by atomic mass is 32.2. The number of rotatable bonds is 8. The summed E-state index contributed by atoms with van der Waals surface area (Å²) >= 11 is 2.07. The zero-order chi connectivity index (χ0) is 14.9. The van der Waals surface area contributed by atoms with E-state index in [0.29, 0.717) is 18.5 Å². The largest absolute Gasteiger partial charge is 0.374 e. The van der Waals surface area contributed by atoms with Gasteiger partial charge in [-0.15, -0.1) is 0 Å². The molecule has 2 N–H and O–H groups in total. The Hall–Kier alpha value is -1.01. The van der Waals surface area contributed by atoms with Gasteiger partial charge in [0, 0.05) is 31.0 Å². The van der Waals surface area contributed by atoms with Gasteiger partial charge in [0.15, 0.2) is 5.82 Å². The lowest BCUT2D eigenvalue weighted by Gasteiger charge is -2.21. The molecule has 1 atom stereocenters. The highest BCUT2D eigenvalue weighted by Crippen LogP contribution is 2.25. The summed E-state index contributed by atoms with van der Waals surface area (Å²) in [7, 11) is 0. The first kappa shape index (κ1) is 16.4. The van der Waals surface area contributed by atoms with Gasteiger partial charge in [-0.1, -0.05) is 6.42 Å². The second-order valence-corrected chi connectivity index (χ2v) is 6.50. The van der Waals surface area contributed by atoms with Crippen LogP contribution in [0.15, 0.2) is 6.07 Å². The molecule has 5 nitrogen and oxygen atoms in total. The van der Waals surface area contributed by atoms with Crippen molar-refractivity contribution in [1.82, 2.24) is 9.97 Å². The Morgan fingerprint density at radius 3 is 2.71 bits per heavy atom. The maximum atomic E-state index is 5.42. The molecule has 0 bridgehead atoms. The van der Waals surface area contributed by atoms with Crippen molar-refractivity contribution in [1.29, 1.82) is 0 Å². The van der Waals surface area contributed by atoms with Crippen molar-refractivity contribution in [3.8, 4) is 0 Å². The van der Waals surface area contributed by atoms with Gasteiger partial charge < -0.3 is 15.4 Å². The van der Waals surface area contributed by atoms with Crippen LogP contribution in [0.5, 0.6) is 0 Å². The lowest BCUT2D eigenvalue weighted by molar-refractivity contribution is 0.128. The molecule has 2 heterocycles. The molecule has 0 amide bonds. The van der Waals surface area contributed by atoms with E-state index in [0.717, 1.165) is 30.5 Å². The first-order valence-corrected chi connectivity index (χ1v) is 8.91. The molecule has 0 radical (unpaired) electrons. The van der Waals surface area contributed by atoms with Crippen LogP contribution in [0.2, 0.25) is 0 Å². The van der Waals surface area contributed by atoms with Gasteiger partial charge in [-0.25, -0.2) is 9.97 Å². The van der Waals surface area contributed by atoms with Crippen molar-refractivity contribution in [3.63, 3.8) is 0 Å². The molecule has 1 aliphatic heterocycles. The summed E-state index contributed by atoms with van der Waals surface area (Å²) in [4.78, 5) is 9.00. The molecule has 1 aromatic rings. The van der Waals surface area contributed by atoms with Crippen LogP contribution in [-0.2, 0) is 11.3 Å². The van der Waals surface area contributed by atoms with Crippen LogP contribution in [0, 0.1) is 0 Å². The predicted molar refractivity (Wildman–Crippen MR) is 90.1 cm³/mol. The first-order chi connectivity index (χ1) is 10.3. The maximum absolute atomic E-state index is 5.42. The van der Waals surface area contributed by atoms with Crippen molar-refractivity contribution in [3.05, 3.63) is 11.9 Å². The molecule has 21 heavy (non-hydrogen) atoms. The lowest BCUT2D eigenvalue weighted by atomic mass is 10.2. The quantitative estimate of drug-likeness (QED) is 0.769. The number of hydrogen-bond donors (Lipinski definition) is 2. The Morgan fingerprint density at radius 1 is 1.24 bits per heavy atom. The number of nitrogens with zero attached hydrogens (tertiary/aromatic N) is 2. The van der Waals surface area contributed by atoms with E-state index in [-0.39, 0.29) is 0 Å². The highest BCUT2D eigenvalue weighted by Gasteiger charge is 2.14. The molecule has 0 aliphatic carbocycles. The molecule has 118 valence electrons. The van der Waals surface area contributed by atoms with Crippen molar-refractivity contribution in [2.45, 2.75) is 45.0 Å². The fourth-order valence-electron chi connectivity index (χ4n) is 2.30. The zero-order valence-electron chi connectivity index (χ0n) is 13.0. The monoisotopic (exact) mass is 310 g/mol. The Morgan fingerprint density at radius 2 is 2.05 bits per heavy atom. The molecule has 6 heteroatoms. The Kier molecular flexibility index (Phi) is 7.09. The smallest absolute Gasteiger partial charge is 0.158 e. The van der Waals surface area contributed by atoms with Gasteiger partial charge in [0.25, 0.3) is 0 Å². The average molecular weight is 310 g/mol. The zero-order valence-corrected chi connectivity index (χ0v) is 13.8. The molecular weight excluding hydrogens is 284 g/mol. The third-order valence-corrected chi connectivity index (χ3v) is 4.75.